The molecule has 0 radical (unpaired) electrons. The second-order valence-corrected chi connectivity index (χ2v) is 8.98. The van der Waals surface area contributed by atoms with E-state index in [1.54, 1.807) is 30.5 Å². The minimum atomic E-state index is -0.213. The molecule has 2 N–H and O–H groups in total. The number of unbranched alkanes of at least 4 members (excludes halogenated alkanes) is 1. The zero-order valence-electron chi connectivity index (χ0n) is 20.2. The van der Waals surface area contributed by atoms with Crippen LogP contribution in [-0.2, 0) is 0 Å². The first-order valence-electron chi connectivity index (χ1n) is 12.2. The van der Waals surface area contributed by atoms with Crippen LogP contribution in [0.2, 0.25) is 0 Å². The van der Waals surface area contributed by atoms with E-state index >= 15 is 0 Å². The van der Waals surface area contributed by atoms with Gasteiger partial charge in [-0.3, -0.25) is 9.59 Å². The first-order chi connectivity index (χ1) is 17.1. The summed E-state index contributed by atoms with van der Waals surface area (Å²) in [6.45, 7) is 5.56. The van der Waals surface area contributed by atoms with Gasteiger partial charge in [-0.15, -0.1) is 0 Å². The van der Waals surface area contributed by atoms with Gasteiger partial charge in [0.05, 0.1) is 0 Å². The molecule has 0 aliphatic carbocycles. The van der Waals surface area contributed by atoms with Crippen molar-refractivity contribution in [1.29, 1.82) is 0 Å². The van der Waals surface area contributed by atoms with Crippen LogP contribution in [0.25, 0.3) is 0 Å². The Kier molecular flexibility index (Phi) is 8.59. The predicted molar refractivity (Wildman–Crippen MR) is 140 cm³/mol. The van der Waals surface area contributed by atoms with Gasteiger partial charge in [-0.25, -0.2) is 4.98 Å². The normalized spacial score (nSPS) is 14.4. The molecule has 2 heterocycles. The van der Waals surface area contributed by atoms with Crippen LogP contribution in [-0.4, -0.2) is 66.2 Å². The van der Waals surface area contributed by atoms with Gasteiger partial charge in [0.1, 0.15) is 5.82 Å². The molecule has 4 rings (SSSR count). The van der Waals surface area contributed by atoms with Gasteiger partial charge in [-0.1, -0.05) is 18.2 Å². The summed E-state index contributed by atoms with van der Waals surface area (Å²) in [5.41, 5.74) is 2.96. The molecular formula is C28H33N5O2. The van der Waals surface area contributed by atoms with Crippen molar-refractivity contribution in [2.75, 3.05) is 50.4 Å². The summed E-state index contributed by atoms with van der Waals surface area (Å²) >= 11 is 0. The van der Waals surface area contributed by atoms with Crippen LogP contribution in [0.3, 0.4) is 0 Å². The fourth-order valence-corrected chi connectivity index (χ4v) is 4.10. The quantitative estimate of drug-likeness (QED) is 0.330. The number of nitrogens with one attached hydrogen (secondary N) is 2. The number of Topliss-reactive ketones (excluding diaryl/α,β-unsaturated/α-hetero) is 1. The lowest BCUT2D eigenvalue weighted by atomic mass is 10.0. The van der Waals surface area contributed by atoms with Gasteiger partial charge in [0.25, 0.3) is 5.91 Å². The molecule has 1 aliphatic heterocycles. The van der Waals surface area contributed by atoms with Crippen LogP contribution in [0.1, 0.15) is 40.0 Å². The third-order valence-corrected chi connectivity index (χ3v) is 6.25. The third-order valence-electron chi connectivity index (χ3n) is 6.25. The van der Waals surface area contributed by atoms with Crippen LogP contribution < -0.4 is 10.6 Å². The number of aromatic nitrogens is 1. The number of ketones is 1. The largest absolute Gasteiger partial charge is 0.356 e. The van der Waals surface area contributed by atoms with Crippen molar-refractivity contribution in [1.82, 2.24) is 14.8 Å². The van der Waals surface area contributed by atoms with Crippen molar-refractivity contribution in [3.05, 3.63) is 84.1 Å². The molecule has 0 spiro atoms. The Morgan fingerprint density at radius 3 is 2.40 bits per heavy atom. The van der Waals surface area contributed by atoms with Crippen molar-refractivity contribution >= 4 is 28.9 Å². The summed E-state index contributed by atoms with van der Waals surface area (Å²) in [5.74, 6) is 0.476. The Morgan fingerprint density at radius 1 is 0.857 bits per heavy atom. The molecule has 35 heavy (non-hydrogen) atoms. The van der Waals surface area contributed by atoms with Crippen LogP contribution in [0.5, 0.6) is 0 Å². The van der Waals surface area contributed by atoms with E-state index < -0.39 is 0 Å². The van der Waals surface area contributed by atoms with E-state index in [2.05, 4.69) is 32.5 Å². The van der Waals surface area contributed by atoms with Crippen molar-refractivity contribution in [3.8, 4) is 0 Å². The Balaban J connectivity index is 1.25. The van der Waals surface area contributed by atoms with Crippen molar-refractivity contribution in [2.45, 2.75) is 19.3 Å². The minimum absolute atomic E-state index is 0.175. The second kappa shape index (κ2) is 12.2. The number of pyridine rings is 1. The minimum Gasteiger partial charge on any atom is -0.356 e. The van der Waals surface area contributed by atoms with Crippen molar-refractivity contribution in [3.63, 3.8) is 0 Å². The molecule has 3 aromatic rings. The number of nitrogens with zero attached hydrogens (tertiary/aromatic N) is 3. The molecule has 0 atom stereocenters. The lowest BCUT2D eigenvalue weighted by molar-refractivity contribution is 0.0974. The molecule has 7 heteroatoms. The van der Waals surface area contributed by atoms with E-state index in [9.17, 15) is 9.59 Å². The first kappa shape index (κ1) is 24.6. The summed E-state index contributed by atoms with van der Waals surface area (Å²) in [6.07, 6.45) is 4.16. The van der Waals surface area contributed by atoms with Gasteiger partial charge in [-0.2, -0.15) is 0 Å². The molecule has 1 fully saturated rings. The summed E-state index contributed by atoms with van der Waals surface area (Å²) in [5, 5.41) is 6.10. The third kappa shape index (κ3) is 7.47. The highest BCUT2D eigenvalue weighted by molar-refractivity contribution is 6.04. The van der Waals surface area contributed by atoms with Gasteiger partial charge >= 0.3 is 0 Å². The zero-order chi connectivity index (χ0) is 24.5. The second-order valence-electron chi connectivity index (χ2n) is 8.98. The smallest absolute Gasteiger partial charge is 0.256 e. The number of piperazine rings is 1. The number of rotatable bonds is 10. The van der Waals surface area contributed by atoms with Crippen molar-refractivity contribution < 1.29 is 9.59 Å². The summed E-state index contributed by atoms with van der Waals surface area (Å²) < 4.78 is 0. The Hall–Kier alpha value is -3.55. The topological polar surface area (TPSA) is 77.6 Å². The lowest BCUT2D eigenvalue weighted by Crippen LogP contribution is -2.44. The molecule has 1 saturated heterocycles. The number of hydrogen-bond donors (Lipinski definition) is 2. The molecule has 0 unspecified atom stereocenters. The number of benzene rings is 2. The number of carbonyl (C=O) groups is 2. The summed E-state index contributed by atoms with van der Waals surface area (Å²) in [6, 6.07) is 20.2. The van der Waals surface area contributed by atoms with Gasteiger partial charge in [0, 0.05) is 61.3 Å². The average molecular weight is 472 g/mol. The molecule has 7 nitrogen and oxygen atoms in total. The fraction of sp³-hybridized carbons (Fsp3) is 0.321. The Labute approximate surface area is 207 Å². The molecular weight excluding hydrogens is 438 g/mol. The molecule has 1 amide bonds. The number of carbonyl (C=O) groups excluding carboxylic acids is 2. The first-order valence-corrected chi connectivity index (χ1v) is 12.2. The van der Waals surface area contributed by atoms with E-state index in [1.165, 1.54) is 0 Å². The highest BCUT2D eigenvalue weighted by Crippen LogP contribution is 2.20. The van der Waals surface area contributed by atoms with Crippen LogP contribution >= 0.6 is 0 Å². The monoisotopic (exact) mass is 471 g/mol. The number of anilines is 3. The van der Waals surface area contributed by atoms with E-state index in [1.807, 2.05) is 42.5 Å². The maximum Gasteiger partial charge on any atom is 0.256 e. The van der Waals surface area contributed by atoms with E-state index in [-0.39, 0.29) is 11.7 Å². The van der Waals surface area contributed by atoms with E-state index in [4.69, 9.17) is 0 Å². The Bertz CT molecular complexity index is 1110. The zero-order valence-corrected chi connectivity index (χ0v) is 20.2. The molecule has 0 saturated carbocycles. The maximum absolute atomic E-state index is 12.7. The molecule has 2 aromatic carbocycles. The molecule has 0 bridgehead atoms. The van der Waals surface area contributed by atoms with Crippen LogP contribution in [0.15, 0.2) is 72.9 Å². The number of hydrogen-bond acceptors (Lipinski definition) is 6. The van der Waals surface area contributed by atoms with E-state index in [0.717, 1.165) is 62.5 Å². The van der Waals surface area contributed by atoms with E-state index in [0.29, 0.717) is 17.8 Å². The Morgan fingerprint density at radius 2 is 1.66 bits per heavy atom. The SMILES string of the molecule is CN1CCN(CCCCC(=O)c2cccc(Nc3ccc(C(=O)Nc4ccccn4)cc3)c2)CC1. The standard InChI is InChI=1S/C28H33N5O2/c1-32-17-19-33(20-18-32)16-5-3-9-26(34)23-7-6-8-25(21-23)30-24-13-11-22(12-14-24)28(35)31-27-10-2-4-15-29-27/h2,4,6-8,10-15,21,30H,3,5,9,16-20H2,1H3,(H,29,31,35). The molecule has 1 aromatic heterocycles. The maximum atomic E-state index is 12.7. The fourth-order valence-electron chi connectivity index (χ4n) is 4.10. The van der Waals surface area contributed by atoms with Gasteiger partial charge < -0.3 is 20.4 Å². The van der Waals surface area contributed by atoms with Crippen LogP contribution in [0.4, 0.5) is 17.2 Å². The number of likely N-dealkylation sites (N-methyl/N-ethyl adjacent to an activating group) is 1. The summed E-state index contributed by atoms with van der Waals surface area (Å²) in [7, 11) is 2.16. The molecule has 1 aliphatic rings. The molecule has 182 valence electrons. The van der Waals surface area contributed by atoms with Gasteiger partial charge in [0.15, 0.2) is 5.78 Å². The predicted octanol–water partition coefficient (Wildman–Crippen LogP) is 4.68. The lowest BCUT2D eigenvalue weighted by Gasteiger charge is -2.32. The van der Waals surface area contributed by atoms with Gasteiger partial charge in [0.2, 0.25) is 0 Å². The number of amides is 1. The van der Waals surface area contributed by atoms with Crippen LogP contribution in [0, 0.1) is 0 Å². The summed E-state index contributed by atoms with van der Waals surface area (Å²) in [4.78, 5) is 34.1. The van der Waals surface area contributed by atoms with Crippen molar-refractivity contribution in [2.24, 2.45) is 0 Å². The average Bonchev–Trinajstić information content (AvgIpc) is 2.89. The van der Waals surface area contributed by atoms with Gasteiger partial charge in [-0.05, 0) is 75.0 Å². The highest BCUT2D eigenvalue weighted by atomic mass is 16.1. The highest BCUT2D eigenvalue weighted by Gasteiger charge is 2.13.